The first-order chi connectivity index (χ1) is 9.85. The summed E-state index contributed by atoms with van der Waals surface area (Å²) >= 11 is 13.5. The number of fused-ring (bicyclic) bond motifs is 1. The molecule has 0 bridgehead atoms. The van der Waals surface area contributed by atoms with Gasteiger partial charge in [-0.05, 0) is 54.8 Å². The van der Waals surface area contributed by atoms with Gasteiger partial charge in [-0.1, -0.05) is 55.6 Å². The van der Waals surface area contributed by atoms with Crippen LogP contribution < -0.4 is 4.74 Å². The molecular weight excluding hydrogens is 415 g/mol. The molecule has 0 aromatic heterocycles. The molecule has 1 aliphatic heterocycles. The zero-order valence-electron chi connectivity index (χ0n) is 11.8. The van der Waals surface area contributed by atoms with E-state index in [4.69, 9.17) is 16.3 Å². The Morgan fingerprint density at radius 2 is 1.95 bits per heavy atom. The van der Waals surface area contributed by atoms with Crippen LogP contribution in [0.3, 0.4) is 0 Å². The molecule has 2 aromatic rings. The minimum atomic E-state index is -0.112. The average Bonchev–Trinajstić information content (AvgIpc) is 2.73. The lowest BCUT2D eigenvalue weighted by atomic mass is 9.98. The van der Waals surface area contributed by atoms with E-state index in [1.54, 1.807) is 0 Å². The van der Waals surface area contributed by atoms with Crippen molar-refractivity contribution in [1.82, 2.24) is 0 Å². The van der Waals surface area contributed by atoms with Crippen LogP contribution in [0.2, 0.25) is 5.02 Å². The Hall–Kier alpha value is -0.510. The Kier molecular flexibility index (Phi) is 4.10. The highest BCUT2D eigenvalue weighted by Crippen LogP contribution is 2.41. The highest BCUT2D eigenvalue weighted by molar-refractivity contribution is 9.11. The van der Waals surface area contributed by atoms with Gasteiger partial charge in [-0.15, -0.1) is 0 Å². The highest BCUT2D eigenvalue weighted by atomic mass is 79.9. The molecule has 0 aliphatic carbocycles. The molecule has 1 aliphatic rings. The Bertz CT molecular complexity index is 697. The summed E-state index contributed by atoms with van der Waals surface area (Å²) in [5, 5.41) is 0.739. The van der Waals surface area contributed by atoms with E-state index in [-0.39, 0.29) is 10.4 Å². The molecule has 2 aromatic carbocycles. The van der Waals surface area contributed by atoms with Crippen molar-refractivity contribution in [3.8, 4) is 5.75 Å². The zero-order valence-corrected chi connectivity index (χ0v) is 15.7. The molecule has 4 heteroatoms. The van der Waals surface area contributed by atoms with Crippen LogP contribution in [0.4, 0.5) is 0 Å². The SMILES string of the molecule is CC1(C)Cc2cc(C(Br)c3cc(Cl)ccc3Br)ccc2O1. The second kappa shape index (κ2) is 5.60. The number of alkyl halides is 1. The van der Waals surface area contributed by atoms with Gasteiger partial charge in [0.25, 0.3) is 0 Å². The predicted octanol–water partition coefficient (Wildman–Crippen LogP) is 6.30. The van der Waals surface area contributed by atoms with Crippen LogP contribution in [0.15, 0.2) is 40.9 Å². The fourth-order valence-corrected chi connectivity index (χ4v) is 4.30. The molecule has 0 amide bonds. The van der Waals surface area contributed by atoms with Gasteiger partial charge in [0.15, 0.2) is 0 Å². The van der Waals surface area contributed by atoms with Crippen molar-refractivity contribution in [2.24, 2.45) is 0 Å². The summed E-state index contributed by atoms with van der Waals surface area (Å²) < 4.78 is 6.98. The number of hydrogen-bond acceptors (Lipinski definition) is 1. The lowest BCUT2D eigenvalue weighted by molar-refractivity contribution is 0.138. The monoisotopic (exact) mass is 428 g/mol. The Labute approximate surface area is 146 Å². The van der Waals surface area contributed by atoms with Gasteiger partial charge in [-0.2, -0.15) is 0 Å². The quantitative estimate of drug-likeness (QED) is 0.508. The van der Waals surface area contributed by atoms with E-state index in [9.17, 15) is 0 Å². The summed E-state index contributed by atoms with van der Waals surface area (Å²) in [6.45, 7) is 4.23. The van der Waals surface area contributed by atoms with E-state index in [2.05, 4.69) is 63.9 Å². The molecule has 0 saturated heterocycles. The molecule has 1 nitrogen and oxygen atoms in total. The first kappa shape index (κ1) is 15.4. The lowest BCUT2D eigenvalue weighted by Gasteiger charge is -2.16. The van der Waals surface area contributed by atoms with Gasteiger partial charge in [0.2, 0.25) is 0 Å². The summed E-state index contributed by atoms with van der Waals surface area (Å²) in [5.74, 6) is 0.994. The van der Waals surface area contributed by atoms with E-state index in [1.165, 1.54) is 11.1 Å². The van der Waals surface area contributed by atoms with Crippen LogP contribution in [0, 0.1) is 0 Å². The van der Waals surface area contributed by atoms with Gasteiger partial charge < -0.3 is 4.74 Å². The van der Waals surface area contributed by atoms with Crippen LogP contribution in [0.25, 0.3) is 0 Å². The topological polar surface area (TPSA) is 9.23 Å². The zero-order chi connectivity index (χ0) is 15.2. The molecule has 110 valence electrons. The second-order valence-corrected chi connectivity index (χ2v) is 8.14. The third-order valence-corrected chi connectivity index (χ3v) is 5.59. The molecule has 21 heavy (non-hydrogen) atoms. The van der Waals surface area contributed by atoms with E-state index in [1.807, 2.05) is 18.2 Å². The van der Waals surface area contributed by atoms with Crippen LogP contribution in [-0.2, 0) is 6.42 Å². The fraction of sp³-hybridized carbons (Fsp3) is 0.294. The van der Waals surface area contributed by atoms with Gasteiger partial charge in [0, 0.05) is 15.9 Å². The minimum absolute atomic E-state index is 0.0968. The molecule has 0 fully saturated rings. The molecule has 1 atom stereocenters. The Morgan fingerprint density at radius 1 is 1.19 bits per heavy atom. The molecule has 3 rings (SSSR count). The maximum atomic E-state index is 6.12. The third kappa shape index (κ3) is 3.15. The van der Waals surface area contributed by atoms with Crippen LogP contribution >= 0.6 is 43.5 Å². The van der Waals surface area contributed by atoms with Crippen molar-refractivity contribution in [1.29, 1.82) is 0 Å². The van der Waals surface area contributed by atoms with E-state index >= 15 is 0 Å². The van der Waals surface area contributed by atoms with E-state index in [0.717, 1.165) is 27.2 Å². The van der Waals surface area contributed by atoms with Crippen molar-refractivity contribution < 1.29 is 4.74 Å². The predicted molar refractivity (Wildman–Crippen MR) is 94.8 cm³/mol. The first-order valence-corrected chi connectivity index (χ1v) is 8.85. The number of hydrogen-bond donors (Lipinski definition) is 0. The summed E-state index contributed by atoms with van der Waals surface area (Å²) in [5.41, 5.74) is 3.48. The maximum Gasteiger partial charge on any atom is 0.123 e. The average molecular weight is 431 g/mol. The van der Waals surface area contributed by atoms with Gasteiger partial charge in [-0.25, -0.2) is 0 Å². The summed E-state index contributed by atoms with van der Waals surface area (Å²) in [4.78, 5) is 0.0968. The maximum absolute atomic E-state index is 6.12. The van der Waals surface area contributed by atoms with Crippen molar-refractivity contribution in [3.63, 3.8) is 0 Å². The molecule has 1 heterocycles. The van der Waals surface area contributed by atoms with Crippen LogP contribution in [0.5, 0.6) is 5.75 Å². The molecule has 1 unspecified atom stereocenters. The molecule has 0 spiro atoms. The third-order valence-electron chi connectivity index (χ3n) is 3.61. The number of ether oxygens (including phenoxy) is 1. The lowest BCUT2D eigenvalue weighted by Crippen LogP contribution is -2.24. The first-order valence-electron chi connectivity index (χ1n) is 6.76. The summed E-state index contributed by atoms with van der Waals surface area (Å²) in [6, 6.07) is 12.2. The number of rotatable bonds is 2. The van der Waals surface area contributed by atoms with Gasteiger partial charge in [0.1, 0.15) is 11.4 Å². The van der Waals surface area contributed by atoms with Gasteiger partial charge in [-0.3, -0.25) is 0 Å². The van der Waals surface area contributed by atoms with Gasteiger partial charge >= 0.3 is 0 Å². The molecule has 0 radical (unpaired) electrons. The molecule has 0 saturated carbocycles. The molecule has 0 N–H and O–H groups in total. The van der Waals surface area contributed by atoms with Crippen LogP contribution in [0.1, 0.15) is 35.4 Å². The summed E-state index contributed by atoms with van der Waals surface area (Å²) in [6.07, 6.45) is 0.937. The molecular formula is C17H15Br2ClO. The smallest absolute Gasteiger partial charge is 0.123 e. The van der Waals surface area contributed by atoms with Gasteiger partial charge in [0.05, 0.1) is 4.83 Å². The Balaban J connectivity index is 1.97. The normalized spacial score (nSPS) is 17.2. The highest BCUT2D eigenvalue weighted by Gasteiger charge is 2.30. The standard InChI is InChI=1S/C17H15Br2ClO/c1-17(2)9-11-7-10(3-6-15(11)21-17)16(19)13-8-12(20)4-5-14(13)18/h3-8,16H,9H2,1-2H3. The van der Waals surface area contributed by atoms with E-state index < -0.39 is 0 Å². The van der Waals surface area contributed by atoms with Crippen molar-refractivity contribution in [2.45, 2.75) is 30.7 Å². The number of benzene rings is 2. The van der Waals surface area contributed by atoms with Crippen LogP contribution in [-0.4, -0.2) is 5.60 Å². The van der Waals surface area contributed by atoms with Crippen molar-refractivity contribution in [2.75, 3.05) is 0 Å². The fourth-order valence-electron chi connectivity index (χ4n) is 2.68. The number of halogens is 3. The van der Waals surface area contributed by atoms with E-state index in [0.29, 0.717) is 0 Å². The largest absolute Gasteiger partial charge is 0.487 e. The Morgan fingerprint density at radius 3 is 2.71 bits per heavy atom. The minimum Gasteiger partial charge on any atom is -0.487 e. The van der Waals surface area contributed by atoms with Crippen molar-refractivity contribution in [3.05, 3.63) is 62.6 Å². The summed E-state index contributed by atoms with van der Waals surface area (Å²) in [7, 11) is 0. The second-order valence-electron chi connectivity index (χ2n) is 5.93. The van der Waals surface area contributed by atoms with Crippen molar-refractivity contribution >= 4 is 43.5 Å².